The minimum Gasteiger partial charge on any atom is -0.378 e. The first-order valence-corrected chi connectivity index (χ1v) is 9.10. The van der Waals surface area contributed by atoms with Crippen LogP contribution in [0.3, 0.4) is 0 Å². The van der Waals surface area contributed by atoms with Crippen molar-refractivity contribution >= 4 is 22.9 Å². The molecular formula is C18H22N2O2S. The molecule has 23 heavy (non-hydrogen) atoms. The highest BCUT2D eigenvalue weighted by molar-refractivity contribution is 7.07. The second-order valence-electron chi connectivity index (χ2n) is 5.85. The maximum Gasteiger partial charge on any atom is 0.227 e. The fraction of sp³-hybridized carbons (Fsp3) is 0.444. The summed E-state index contributed by atoms with van der Waals surface area (Å²) in [5.41, 5.74) is 2.01. The van der Waals surface area contributed by atoms with Crippen LogP contribution in [0.25, 0.3) is 0 Å². The summed E-state index contributed by atoms with van der Waals surface area (Å²) in [5, 5.41) is 4.12. The topological polar surface area (TPSA) is 42.4 Å². The molecule has 1 saturated heterocycles. The molecule has 3 rings (SSSR count). The van der Waals surface area contributed by atoms with Gasteiger partial charge in [0.25, 0.3) is 0 Å². The Morgan fingerprint density at radius 1 is 1.39 bits per heavy atom. The summed E-state index contributed by atoms with van der Waals surface area (Å²) in [5.74, 6) is 0.137. The van der Waals surface area contributed by atoms with Gasteiger partial charge in [-0.3, -0.25) is 9.78 Å². The maximum atomic E-state index is 12.8. The SMILES string of the molecule is O=C(CC[C@@H]1CCCCO1)N(Cc1ccsc1)c1cccnc1. The van der Waals surface area contributed by atoms with Crippen LogP contribution in [-0.4, -0.2) is 23.6 Å². The molecule has 0 unspecified atom stereocenters. The number of amides is 1. The second-order valence-corrected chi connectivity index (χ2v) is 6.63. The monoisotopic (exact) mass is 330 g/mol. The van der Waals surface area contributed by atoms with Gasteiger partial charge in [-0.1, -0.05) is 0 Å². The Hall–Kier alpha value is -1.72. The number of hydrogen-bond acceptors (Lipinski definition) is 4. The molecule has 0 spiro atoms. The Balaban J connectivity index is 1.65. The number of carbonyl (C=O) groups excluding carboxylic acids is 1. The first-order chi connectivity index (χ1) is 11.3. The highest BCUT2D eigenvalue weighted by Crippen LogP contribution is 2.21. The number of pyridine rings is 1. The van der Waals surface area contributed by atoms with E-state index in [1.807, 2.05) is 22.4 Å². The fourth-order valence-electron chi connectivity index (χ4n) is 2.86. The van der Waals surface area contributed by atoms with E-state index in [1.54, 1.807) is 23.7 Å². The molecule has 0 aliphatic carbocycles. The third-order valence-electron chi connectivity index (χ3n) is 4.13. The molecule has 5 heteroatoms. The number of carbonyl (C=O) groups is 1. The van der Waals surface area contributed by atoms with Crippen LogP contribution in [0.5, 0.6) is 0 Å². The van der Waals surface area contributed by atoms with Crippen LogP contribution in [-0.2, 0) is 16.1 Å². The molecule has 0 bridgehead atoms. The zero-order valence-electron chi connectivity index (χ0n) is 13.2. The van der Waals surface area contributed by atoms with E-state index < -0.39 is 0 Å². The van der Waals surface area contributed by atoms with E-state index in [4.69, 9.17) is 4.74 Å². The molecule has 2 aromatic heterocycles. The first-order valence-electron chi connectivity index (χ1n) is 8.16. The molecule has 1 fully saturated rings. The van der Waals surface area contributed by atoms with Crippen LogP contribution in [0.2, 0.25) is 0 Å². The summed E-state index contributed by atoms with van der Waals surface area (Å²) in [6.07, 6.45) is 8.47. The first kappa shape index (κ1) is 16.1. The van der Waals surface area contributed by atoms with Gasteiger partial charge in [0.1, 0.15) is 0 Å². The van der Waals surface area contributed by atoms with E-state index in [1.165, 1.54) is 6.42 Å². The van der Waals surface area contributed by atoms with Crippen molar-refractivity contribution in [2.75, 3.05) is 11.5 Å². The number of anilines is 1. The van der Waals surface area contributed by atoms with E-state index in [2.05, 4.69) is 16.4 Å². The van der Waals surface area contributed by atoms with Crippen LogP contribution in [0, 0.1) is 0 Å². The molecule has 1 aliphatic heterocycles. The van der Waals surface area contributed by atoms with Crippen LogP contribution < -0.4 is 4.90 Å². The Morgan fingerprint density at radius 3 is 3.04 bits per heavy atom. The molecule has 1 aliphatic rings. The van der Waals surface area contributed by atoms with Crippen LogP contribution in [0.1, 0.15) is 37.7 Å². The van der Waals surface area contributed by atoms with Crippen molar-refractivity contribution in [3.05, 3.63) is 46.9 Å². The van der Waals surface area contributed by atoms with E-state index in [0.717, 1.165) is 37.1 Å². The third-order valence-corrected chi connectivity index (χ3v) is 4.87. The molecule has 1 amide bonds. The van der Waals surface area contributed by atoms with Crippen molar-refractivity contribution in [1.82, 2.24) is 4.98 Å². The number of ether oxygens (including phenoxy) is 1. The summed E-state index contributed by atoms with van der Waals surface area (Å²) in [4.78, 5) is 18.7. The summed E-state index contributed by atoms with van der Waals surface area (Å²) in [6, 6.07) is 5.87. The average molecular weight is 330 g/mol. The van der Waals surface area contributed by atoms with Gasteiger partial charge in [0.2, 0.25) is 5.91 Å². The van der Waals surface area contributed by atoms with Gasteiger partial charge >= 0.3 is 0 Å². The lowest BCUT2D eigenvalue weighted by Gasteiger charge is -2.25. The molecule has 4 nitrogen and oxygen atoms in total. The quantitative estimate of drug-likeness (QED) is 0.803. The lowest BCUT2D eigenvalue weighted by atomic mass is 10.0. The second kappa shape index (κ2) is 8.22. The van der Waals surface area contributed by atoms with Crippen molar-refractivity contribution in [3.8, 4) is 0 Å². The average Bonchev–Trinajstić information content (AvgIpc) is 3.12. The Labute approximate surface area is 141 Å². The van der Waals surface area contributed by atoms with Gasteiger partial charge in [0.05, 0.1) is 24.5 Å². The number of aromatic nitrogens is 1. The maximum absolute atomic E-state index is 12.8. The Morgan fingerprint density at radius 2 is 2.35 bits per heavy atom. The van der Waals surface area contributed by atoms with Crippen molar-refractivity contribution in [1.29, 1.82) is 0 Å². The molecule has 3 heterocycles. The zero-order valence-corrected chi connectivity index (χ0v) is 14.0. The zero-order chi connectivity index (χ0) is 15.9. The van der Waals surface area contributed by atoms with E-state index in [-0.39, 0.29) is 12.0 Å². The standard InChI is InChI=1S/C18H22N2O2S/c21-18(7-6-17-5-1-2-10-22-17)20(13-15-8-11-23-14-15)16-4-3-9-19-12-16/h3-4,8-9,11-12,14,17H,1-2,5-7,10,13H2/t17-/m0/s1. The predicted molar refractivity (Wildman–Crippen MR) is 92.6 cm³/mol. The molecule has 122 valence electrons. The lowest BCUT2D eigenvalue weighted by molar-refractivity contribution is -0.119. The number of hydrogen-bond donors (Lipinski definition) is 0. The summed E-state index contributed by atoms with van der Waals surface area (Å²) in [6.45, 7) is 1.43. The van der Waals surface area contributed by atoms with E-state index in [0.29, 0.717) is 13.0 Å². The highest BCUT2D eigenvalue weighted by atomic mass is 32.1. The van der Waals surface area contributed by atoms with Crippen LogP contribution >= 0.6 is 11.3 Å². The molecule has 0 aromatic carbocycles. The molecular weight excluding hydrogens is 308 g/mol. The molecule has 0 radical (unpaired) electrons. The Kier molecular flexibility index (Phi) is 5.77. The summed E-state index contributed by atoms with van der Waals surface area (Å²) >= 11 is 1.65. The number of nitrogens with zero attached hydrogens (tertiary/aromatic N) is 2. The highest BCUT2D eigenvalue weighted by Gasteiger charge is 2.20. The molecule has 1 atom stereocenters. The Bertz CT molecular complexity index is 595. The molecule has 0 saturated carbocycles. The largest absolute Gasteiger partial charge is 0.378 e. The summed E-state index contributed by atoms with van der Waals surface area (Å²) in [7, 11) is 0. The summed E-state index contributed by atoms with van der Waals surface area (Å²) < 4.78 is 5.74. The van der Waals surface area contributed by atoms with Gasteiger partial charge < -0.3 is 9.64 Å². The van der Waals surface area contributed by atoms with Gasteiger partial charge in [-0.25, -0.2) is 0 Å². The smallest absolute Gasteiger partial charge is 0.227 e. The van der Waals surface area contributed by atoms with Crippen LogP contribution in [0.15, 0.2) is 41.4 Å². The van der Waals surface area contributed by atoms with Gasteiger partial charge in [-0.05, 0) is 60.2 Å². The van der Waals surface area contributed by atoms with Crippen molar-refractivity contribution in [3.63, 3.8) is 0 Å². The third kappa shape index (κ3) is 4.62. The van der Waals surface area contributed by atoms with E-state index >= 15 is 0 Å². The van der Waals surface area contributed by atoms with Gasteiger partial charge in [-0.2, -0.15) is 11.3 Å². The number of thiophene rings is 1. The fourth-order valence-corrected chi connectivity index (χ4v) is 3.52. The van der Waals surface area contributed by atoms with Crippen molar-refractivity contribution in [2.45, 2.75) is 44.8 Å². The number of rotatable bonds is 6. The lowest BCUT2D eigenvalue weighted by Crippen LogP contribution is -2.31. The van der Waals surface area contributed by atoms with Crippen molar-refractivity contribution in [2.24, 2.45) is 0 Å². The minimum atomic E-state index is 0.137. The van der Waals surface area contributed by atoms with Gasteiger partial charge in [0, 0.05) is 19.2 Å². The predicted octanol–water partition coefficient (Wildman–Crippen LogP) is 4.03. The molecule has 2 aromatic rings. The van der Waals surface area contributed by atoms with Crippen LogP contribution in [0.4, 0.5) is 5.69 Å². The van der Waals surface area contributed by atoms with Gasteiger partial charge in [0.15, 0.2) is 0 Å². The van der Waals surface area contributed by atoms with E-state index in [9.17, 15) is 4.79 Å². The minimum absolute atomic E-state index is 0.137. The normalized spacial score (nSPS) is 17.8. The molecule has 0 N–H and O–H groups in total. The van der Waals surface area contributed by atoms with Gasteiger partial charge in [-0.15, -0.1) is 0 Å². The van der Waals surface area contributed by atoms with Crippen molar-refractivity contribution < 1.29 is 9.53 Å².